The van der Waals surface area contributed by atoms with Gasteiger partial charge in [-0.15, -0.1) is 0 Å². The largest absolute Gasteiger partial charge is 0.354 e. The molecule has 0 aliphatic carbocycles. The van der Waals surface area contributed by atoms with Crippen molar-refractivity contribution in [2.24, 2.45) is 0 Å². The van der Waals surface area contributed by atoms with E-state index in [-0.39, 0.29) is 24.8 Å². The Morgan fingerprint density at radius 1 is 0.941 bits per heavy atom. The molecule has 0 saturated carbocycles. The monoisotopic (exact) mass is 476 g/mol. The van der Waals surface area contributed by atoms with Gasteiger partial charge in [0.1, 0.15) is 6.04 Å². The second kappa shape index (κ2) is 12.4. The lowest BCUT2D eigenvalue weighted by molar-refractivity contribution is -0.140. The molecule has 0 aliphatic heterocycles. The lowest BCUT2D eigenvalue weighted by atomic mass is 9.99. The third-order valence-electron chi connectivity index (χ3n) is 5.97. The lowest BCUT2D eigenvalue weighted by Gasteiger charge is -2.32. The molecule has 1 N–H and O–H groups in total. The van der Waals surface area contributed by atoms with E-state index in [0.29, 0.717) is 18.0 Å². The van der Waals surface area contributed by atoms with Gasteiger partial charge >= 0.3 is 0 Å². The van der Waals surface area contributed by atoms with Crippen LogP contribution in [0.4, 0.5) is 0 Å². The van der Waals surface area contributed by atoms with Crippen molar-refractivity contribution in [1.29, 1.82) is 0 Å². The van der Waals surface area contributed by atoms with Gasteiger partial charge in [0.2, 0.25) is 11.8 Å². The van der Waals surface area contributed by atoms with E-state index in [4.69, 9.17) is 11.6 Å². The molecule has 0 fully saturated rings. The SMILES string of the molecule is CCCNC(=O)C(Cc1ccccc1)N(Cc1ccccc1Cl)C(=O)Cc1cc(C)ccc1C. The van der Waals surface area contributed by atoms with Crippen LogP contribution in [0, 0.1) is 13.8 Å². The summed E-state index contributed by atoms with van der Waals surface area (Å²) in [4.78, 5) is 28.9. The smallest absolute Gasteiger partial charge is 0.243 e. The Hall–Kier alpha value is -3.11. The molecule has 4 nitrogen and oxygen atoms in total. The highest BCUT2D eigenvalue weighted by Crippen LogP contribution is 2.22. The van der Waals surface area contributed by atoms with Crippen molar-refractivity contribution in [3.63, 3.8) is 0 Å². The Morgan fingerprint density at radius 2 is 1.65 bits per heavy atom. The number of amides is 2. The predicted molar refractivity (Wildman–Crippen MR) is 139 cm³/mol. The summed E-state index contributed by atoms with van der Waals surface area (Å²) >= 11 is 6.47. The van der Waals surface area contributed by atoms with E-state index in [0.717, 1.165) is 34.2 Å². The van der Waals surface area contributed by atoms with Crippen molar-refractivity contribution in [2.75, 3.05) is 6.54 Å². The van der Waals surface area contributed by atoms with Gasteiger partial charge in [-0.2, -0.15) is 0 Å². The Labute approximate surface area is 207 Å². The third kappa shape index (κ3) is 6.94. The number of rotatable bonds is 10. The number of carbonyl (C=O) groups is 2. The molecular formula is C29H33ClN2O2. The van der Waals surface area contributed by atoms with Gasteiger partial charge in [-0.3, -0.25) is 9.59 Å². The summed E-state index contributed by atoms with van der Waals surface area (Å²) in [6, 6.07) is 22.8. The number of nitrogens with zero attached hydrogens (tertiary/aromatic N) is 1. The van der Waals surface area contributed by atoms with Crippen LogP contribution in [0.5, 0.6) is 0 Å². The van der Waals surface area contributed by atoms with Gasteiger partial charge in [-0.25, -0.2) is 0 Å². The molecule has 1 unspecified atom stereocenters. The first-order valence-corrected chi connectivity index (χ1v) is 12.2. The van der Waals surface area contributed by atoms with Crippen LogP contribution < -0.4 is 5.32 Å². The highest BCUT2D eigenvalue weighted by Gasteiger charge is 2.30. The fraction of sp³-hybridized carbons (Fsp3) is 0.310. The van der Waals surface area contributed by atoms with Gasteiger partial charge in [0.25, 0.3) is 0 Å². The first-order chi connectivity index (χ1) is 16.4. The molecule has 178 valence electrons. The molecule has 3 aromatic carbocycles. The van der Waals surface area contributed by atoms with Crippen molar-refractivity contribution in [3.8, 4) is 0 Å². The summed E-state index contributed by atoms with van der Waals surface area (Å²) in [6.45, 7) is 6.87. The summed E-state index contributed by atoms with van der Waals surface area (Å²) in [5.74, 6) is -0.242. The molecular weight excluding hydrogens is 444 g/mol. The molecule has 3 aromatic rings. The van der Waals surface area contributed by atoms with Gasteiger partial charge in [-0.05, 0) is 48.6 Å². The molecule has 0 heterocycles. The van der Waals surface area contributed by atoms with Gasteiger partial charge in [0.15, 0.2) is 0 Å². The number of carbonyl (C=O) groups excluding carboxylic acids is 2. The maximum atomic E-state index is 13.8. The standard InChI is InChI=1S/C29H33ClN2O2/c1-4-16-31-29(34)27(18-23-10-6-5-7-11-23)32(20-24-12-8-9-13-26(24)30)28(33)19-25-17-21(2)14-15-22(25)3/h5-15,17,27H,4,16,18-20H2,1-3H3,(H,31,34). The molecule has 0 bridgehead atoms. The van der Waals surface area contributed by atoms with Gasteiger partial charge in [0.05, 0.1) is 6.42 Å². The second-order valence-electron chi connectivity index (χ2n) is 8.72. The van der Waals surface area contributed by atoms with Crippen LogP contribution in [0.1, 0.15) is 41.2 Å². The molecule has 2 amide bonds. The van der Waals surface area contributed by atoms with E-state index < -0.39 is 6.04 Å². The minimum atomic E-state index is -0.650. The maximum absolute atomic E-state index is 13.8. The molecule has 34 heavy (non-hydrogen) atoms. The molecule has 0 saturated heterocycles. The first-order valence-electron chi connectivity index (χ1n) is 11.8. The van der Waals surface area contributed by atoms with Crippen molar-refractivity contribution >= 4 is 23.4 Å². The van der Waals surface area contributed by atoms with Crippen LogP contribution in [0.3, 0.4) is 0 Å². The summed E-state index contributed by atoms with van der Waals surface area (Å²) in [5.41, 5.74) is 4.96. The van der Waals surface area contributed by atoms with Crippen LogP contribution in [-0.2, 0) is 29.0 Å². The lowest BCUT2D eigenvalue weighted by Crippen LogP contribution is -2.51. The number of halogens is 1. The van der Waals surface area contributed by atoms with Crippen molar-refractivity contribution in [3.05, 3.63) is 106 Å². The quantitative estimate of drug-likeness (QED) is 0.410. The Balaban J connectivity index is 1.99. The predicted octanol–water partition coefficient (Wildman–Crippen LogP) is 5.67. The van der Waals surface area contributed by atoms with Crippen LogP contribution in [-0.4, -0.2) is 29.3 Å². The van der Waals surface area contributed by atoms with Crippen LogP contribution in [0.25, 0.3) is 0 Å². The molecule has 0 aromatic heterocycles. The topological polar surface area (TPSA) is 49.4 Å². The zero-order valence-corrected chi connectivity index (χ0v) is 20.9. The van der Waals surface area contributed by atoms with E-state index in [1.165, 1.54) is 0 Å². The van der Waals surface area contributed by atoms with E-state index in [1.54, 1.807) is 4.90 Å². The molecule has 0 aliphatic rings. The third-order valence-corrected chi connectivity index (χ3v) is 6.33. The van der Waals surface area contributed by atoms with E-state index in [2.05, 4.69) is 5.32 Å². The maximum Gasteiger partial charge on any atom is 0.243 e. The summed E-state index contributed by atoms with van der Waals surface area (Å²) in [6.07, 6.45) is 1.48. The van der Waals surface area contributed by atoms with Gasteiger partial charge in [0, 0.05) is 24.5 Å². The van der Waals surface area contributed by atoms with Crippen LogP contribution in [0.2, 0.25) is 5.02 Å². The van der Waals surface area contributed by atoms with Crippen molar-refractivity contribution in [2.45, 2.75) is 52.6 Å². The normalized spacial score (nSPS) is 11.6. The number of benzene rings is 3. The average Bonchev–Trinajstić information content (AvgIpc) is 2.83. The summed E-state index contributed by atoms with van der Waals surface area (Å²) < 4.78 is 0. The Kier molecular flexibility index (Phi) is 9.29. The number of hydrogen-bond donors (Lipinski definition) is 1. The highest BCUT2D eigenvalue weighted by atomic mass is 35.5. The molecule has 0 radical (unpaired) electrons. The minimum Gasteiger partial charge on any atom is -0.354 e. The molecule has 1 atom stereocenters. The minimum absolute atomic E-state index is 0.0961. The number of nitrogens with one attached hydrogen (secondary N) is 1. The zero-order chi connectivity index (χ0) is 24.5. The zero-order valence-electron chi connectivity index (χ0n) is 20.2. The highest BCUT2D eigenvalue weighted by molar-refractivity contribution is 6.31. The molecule has 3 rings (SSSR count). The van der Waals surface area contributed by atoms with Gasteiger partial charge < -0.3 is 10.2 Å². The van der Waals surface area contributed by atoms with E-state index >= 15 is 0 Å². The fourth-order valence-corrected chi connectivity index (χ4v) is 4.18. The average molecular weight is 477 g/mol. The van der Waals surface area contributed by atoms with E-state index in [9.17, 15) is 9.59 Å². The first kappa shape index (κ1) is 25.5. The second-order valence-corrected chi connectivity index (χ2v) is 9.12. The van der Waals surface area contributed by atoms with Crippen molar-refractivity contribution < 1.29 is 9.59 Å². The summed E-state index contributed by atoms with van der Waals surface area (Å²) in [7, 11) is 0. The molecule has 0 spiro atoms. The number of aryl methyl sites for hydroxylation is 2. The number of hydrogen-bond acceptors (Lipinski definition) is 2. The Bertz CT molecular complexity index is 1110. The summed E-state index contributed by atoms with van der Waals surface area (Å²) in [5, 5.41) is 3.59. The van der Waals surface area contributed by atoms with Gasteiger partial charge in [-0.1, -0.05) is 90.8 Å². The fourth-order valence-electron chi connectivity index (χ4n) is 3.99. The Morgan fingerprint density at radius 3 is 2.35 bits per heavy atom. The molecule has 5 heteroatoms. The van der Waals surface area contributed by atoms with Crippen molar-refractivity contribution in [1.82, 2.24) is 10.2 Å². The van der Waals surface area contributed by atoms with E-state index in [1.807, 2.05) is 93.6 Å². The van der Waals surface area contributed by atoms with Crippen LogP contribution in [0.15, 0.2) is 72.8 Å². The van der Waals surface area contributed by atoms with Crippen LogP contribution >= 0.6 is 11.6 Å².